The molecule has 0 spiro atoms. The molecule has 1 rings (SSSR count). The van der Waals surface area contributed by atoms with Crippen LogP contribution >= 0.6 is 0 Å². The van der Waals surface area contributed by atoms with E-state index >= 15 is 0 Å². The standard InChI is InChI=1S/C10H11NO/c1-2-4-9-8(7-11)5-3-6-10(9)12/h2H,1,3-6H2. The molecule has 0 saturated heterocycles. The average Bonchev–Trinajstić information content (AvgIpc) is 2.09. The number of allylic oxidation sites excluding steroid dienone is 3. The Morgan fingerprint density at radius 2 is 2.33 bits per heavy atom. The summed E-state index contributed by atoms with van der Waals surface area (Å²) in [6.45, 7) is 3.56. The Bertz CT molecular complexity index is 281. The van der Waals surface area contributed by atoms with Crippen molar-refractivity contribution in [1.29, 1.82) is 5.26 Å². The van der Waals surface area contributed by atoms with Gasteiger partial charge in [0, 0.05) is 17.6 Å². The average molecular weight is 161 g/mol. The van der Waals surface area contributed by atoms with Gasteiger partial charge in [-0.3, -0.25) is 4.79 Å². The lowest BCUT2D eigenvalue weighted by molar-refractivity contribution is -0.116. The van der Waals surface area contributed by atoms with Crippen LogP contribution < -0.4 is 0 Å². The van der Waals surface area contributed by atoms with Crippen LogP contribution in [0.25, 0.3) is 0 Å². The number of carbonyl (C=O) groups is 1. The maximum Gasteiger partial charge on any atom is 0.160 e. The van der Waals surface area contributed by atoms with E-state index in [1.165, 1.54) is 0 Å². The van der Waals surface area contributed by atoms with Crippen molar-refractivity contribution in [1.82, 2.24) is 0 Å². The second-order valence-corrected chi connectivity index (χ2v) is 2.84. The summed E-state index contributed by atoms with van der Waals surface area (Å²) in [7, 11) is 0. The highest BCUT2D eigenvalue weighted by Crippen LogP contribution is 2.23. The minimum absolute atomic E-state index is 0.123. The lowest BCUT2D eigenvalue weighted by Crippen LogP contribution is -2.10. The molecule has 0 unspecified atom stereocenters. The minimum atomic E-state index is 0.123. The summed E-state index contributed by atoms with van der Waals surface area (Å²) >= 11 is 0. The molecular weight excluding hydrogens is 150 g/mol. The van der Waals surface area contributed by atoms with Gasteiger partial charge in [-0.25, -0.2) is 0 Å². The lowest BCUT2D eigenvalue weighted by atomic mass is 9.89. The van der Waals surface area contributed by atoms with E-state index in [1.54, 1.807) is 6.08 Å². The zero-order valence-corrected chi connectivity index (χ0v) is 6.97. The Labute approximate surface area is 72.2 Å². The monoisotopic (exact) mass is 161 g/mol. The zero-order chi connectivity index (χ0) is 8.97. The number of nitriles is 1. The molecule has 2 nitrogen and oxygen atoms in total. The summed E-state index contributed by atoms with van der Waals surface area (Å²) < 4.78 is 0. The highest BCUT2D eigenvalue weighted by molar-refractivity contribution is 5.97. The molecule has 1 aliphatic carbocycles. The Morgan fingerprint density at radius 1 is 1.58 bits per heavy atom. The molecular formula is C10H11NO. The molecule has 0 heterocycles. The van der Waals surface area contributed by atoms with Crippen LogP contribution in [0, 0.1) is 11.3 Å². The molecule has 0 N–H and O–H groups in total. The maximum absolute atomic E-state index is 11.3. The number of hydrogen-bond acceptors (Lipinski definition) is 2. The van der Waals surface area contributed by atoms with E-state index in [-0.39, 0.29) is 5.78 Å². The summed E-state index contributed by atoms with van der Waals surface area (Å²) in [5.41, 5.74) is 1.34. The van der Waals surface area contributed by atoms with Crippen molar-refractivity contribution >= 4 is 5.78 Å². The van der Waals surface area contributed by atoms with E-state index in [0.29, 0.717) is 24.0 Å². The maximum atomic E-state index is 11.3. The molecule has 2 heteroatoms. The van der Waals surface area contributed by atoms with Crippen LogP contribution in [0.15, 0.2) is 23.8 Å². The van der Waals surface area contributed by atoms with Crippen LogP contribution in [-0.4, -0.2) is 5.78 Å². The molecule has 62 valence electrons. The molecule has 0 aromatic carbocycles. The Morgan fingerprint density at radius 3 is 2.92 bits per heavy atom. The number of carbonyl (C=O) groups excluding carboxylic acids is 1. The Hall–Kier alpha value is -1.36. The highest BCUT2D eigenvalue weighted by Gasteiger charge is 2.18. The zero-order valence-electron chi connectivity index (χ0n) is 6.97. The van der Waals surface area contributed by atoms with Gasteiger partial charge < -0.3 is 0 Å². The SMILES string of the molecule is C=CCC1=C(C#N)CCCC1=O. The van der Waals surface area contributed by atoms with Crippen molar-refractivity contribution in [2.24, 2.45) is 0 Å². The second kappa shape index (κ2) is 3.87. The van der Waals surface area contributed by atoms with E-state index in [9.17, 15) is 4.79 Å². The predicted octanol–water partition coefficient (Wildman–Crippen LogP) is 2.14. The van der Waals surface area contributed by atoms with Crippen molar-refractivity contribution < 1.29 is 4.79 Å². The lowest BCUT2D eigenvalue weighted by Gasteiger charge is -2.12. The van der Waals surface area contributed by atoms with E-state index < -0.39 is 0 Å². The van der Waals surface area contributed by atoms with Crippen LogP contribution in [0.2, 0.25) is 0 Å². The van der Waals surface area contributed by atoms with Crippen LogP contribution in [-0.2, 0) is 4.79 Å². The van der Waals surface area contributed by atoms with Gasteiger partial charge in [-0.15, -0.1) is 6.58 Å². The first-order chi connectivity index (χ1) is 5.79. The smallest absolute Gasteiger partial charge is 0.160 e. The van der Waals surface area contributed by atoms with Crippen molar-refractivity contribution in [3.05, 3.63) is 23.8 Å². The normalized spacial score (nSPS) is 17.4. The van der Waals surface area contributed by atoms with Crippen molar-refractivity contribution in [3.8, 4) is 6.07 Å². The van der Waals surface area contributed by atoms with Crippen molar-refractivity contribution in [2.75, 3.05) is 0 Å². The number of Topliss-reactive ketones (excluding diaryl/α,β-unsaturated/α-hetero) is 1. The van der Waals surface area contributed by atoms with Gasteiger partial charge in [0.2, 0.25) is 0 Å². The van der Waals surface area contributed by atoms with E-state index in [2.05, 4.69) is 12.6 Å². The first kappa shape index (κ1) is 8.73. The van der Waals surface area contributed by atoms with Gasteiger partial charge in [0.05, 0.1) is 6.07 Å². The molecule has 0 bridgehead atoms. The van der Waals surface area contributed by atoms with Gasteiger partial charge in [0.15, 0.2) is 5.78 Å². The second-order valence-electron chi connectivity index (χ2n) is 2.84. The van der Waals surface area contributed by atoms with Crippen LogP contribution in [0.4, 0.5) is 0 Å². The number of nitrogens with zero attached hydrogens (tertiary/aromatic N) is 1. The minimum Gasteiger partial charge on any atom is -0.295 e. The first-order valence-corrected chi connectivity index (χ1v) is 4.05. The predicted molar refractivity (Wildman–Crippen MR) is 46.3 cm³/mol. The summed E-state index contributed by atoms with van der Waals surface area (Å²) in [5.74, 6) is 0.123. The Balaban J connectivity index is 2.96. The third kappa shape index (κ3) is 1.62. The van der Waals surface area contributed by atoms with Gasteiger partial charge in [-0.05, 0) is 19.3 Å². The molecule has 0 fully saturated rings. The van der Waals surface area contributed by atoms with Crippen molar-refractivity contribution in [3.63, 3.8) is 0 Å². The fourth-order valence-corrected chi connectivity index (χ4v) is 1.40. The summed E-state index contributed by atoms with van der Waals surface area (Å²) in [5, 5.41) is 8.71. The van der Waals surface area contributed by atoms with Crippen LogP contribution in [0.5, 0.6) is 0 Å². The third-order valence-electron chi connectivity index (χ3n) is 2.01. The number of ketones is 1. The molecule has 0 saturated carbocycles. The van der Waals surface area contributed by atoms with E-state index in [1.807, 2.05) is 0 Å². The van der Waals surface area contributed by atoms with Gasteiger partial charge in [-0.1, -0.05) is 6.08 Å². The molecule has 0 atom stereocenters. The van der Waals surface area contributed by atoms with Gasteiger partial charge in [-0.2, -0.15) is 5.26 Å². The molecule has 0 aromatic heterocycles. The summed E-state index contributed by atoms with van der Waals surface area (Å²) in [6.07, 6.45) is 4.39. The fourth-order valence-electron chi connectivity index (χ4n) is 1.40. The molecule has 0 amide bonds. The summed E-state index contributed by atoms with van der Waals surface area (Å²) in [4.78, 5) is 11.3. The molecule has 12 heavy (non-hydrogen) atoms. The van der Waals surface area contributed by atoms with Crippen LogP contribution in [0.1, 0.15) is 25.7 Å². The number of rotatable bonds is 2. The van der Waals surface area contributed by atoms with Gasteiger partial charge in [0.25, 0.3) is 0 Å². The fraction of sp³-hybridized carbons (Fsp3) is 0.400. The van der Waals surface area contributed by atoms with Gasteiger partial charge in [0.1, 0.15) is 0 Å². The summed E-state index contributed by atoms with van der Waals surface area (Å²) in [6, 6.07) is 2.08. The van der Waals surface area contributed by atoms with Gasteiger partial charge >= 0.3 is 0 Å². The molecule has 0 aliphatic heterocycles. The van der Waals surface area contributed by atoms with Crippen LogP contribution in [0.3, 0.4) is 0 Å². The Kier molecular flexibility index (Phi) is 2.82. The molecule has 0 radical (unpaired) electrons. The largest absolute Gasteiger partial charge is 0.295 e. The molecule has 0 aromatic rings. The molecule has 1 aliphatic rings. The first-order valence-electron chi connectivity index (χ1n) is 4.05. The number of hydrogen-bond donors (Lipinski definition) is 0. The van der Waals surface area contributed by atoms with E-state index in [0.717, 1.165) is 12.8 Å². The van der Waals surface area contributed by atoms with Crippen molar-refractivity contribution in [2.45, 2.75) is 25.7 Å². The highest BCUT2D eigenvalue weighted by atomic mass is 16.1. The third-order valence-corrected chi connectivity index (χ3v) is 2.01. The topological polar surface area (TPSA) is 40.9 Å². The van der Waals surface area contributed by atoms with E-state index in [4.69, 9.17) is 5.26 Å². The quantitative estimate of drug-likeness (QED) is 0.582.